The fourth-order valence-corrected chi connectivity index (χ4v) is 1.48. The Morgan fingerprint density at radius 3 is 2.05 bits per heavy atom. The van der Waals surface area contributed by atoms with Crippen molar-refractivity contribution < 1.29 is 17.9 Å². The van der Waals surface area contributed by atoms with Gasteiger partial charge < -0.3 is 4.74 Å². The van der Waals surface area contributed by atoms with Crippen LogP contribution in [0.3, 0.4) is 0 Å². The molecule has 0 spiro atoms. The second kappa shape index (κ2) is 8.86. The summed E-state index contributed by atoms with van der Waals surface area (Å²) >= 11 is 0. The number of hydrogen-bond acceptors (Lipinski definition) is 4. The van der Waals surface area contributed by atoms with Gasteiger partial charge in [-0.05, 0) is 25.5 Å². The first-order chi connectivity index (χ1) is 9.84. The van der Waals surface area contributed by atoms with Gasteiger partial charge >= 0.3 is 6.18 Å². The van der Waals surface area contributed by atoms with Gasteiger partial charge in [0.1, 0.15) is 0 Å². The summed E-state index contributed by atoms with van der Waals surface area (Å²) in [7, 11) is 0. The molecule has 0 saturated carbocycles. The topological polar surface area (TPSA) is 47.9 Å². The van der Waals surface area contributed by atoms with Gasteiger partial charge in [0, 0.05) is 11.8 Å². The summed E-state index contributed by atoms with van der Waals surface area (Å²) < 4.78 is 42.1. The first kappa shape index (κ1) is 20.6. The van der Waals surface area contributed by atoms with Crippen LogP contribution in [0.5, 0.6) is 11.8 Å². The van der Waals surface area contributed by atoms with E-state index in [-0.39, 0.29) is 35.7 Å². The van der Waals surface area contributed by atoms with Gasteiger partial charge in [-0.1, -0.05) is 13.8 Å². The van der Waals surface area contributed by atoms with Gasteiger partial charge in [0.25, 0.3) is 0 Å². The number of aromatic nitrogens is 3. The Balaban J connectivity index is 0.00000141. The Labute approximate surface area is 144 Å². The van der Waals surface area contributed by atoms with Crippen molar-refractivity contribution in [3.8, 4) is 11.8 Å². The van der Waals surface area contributed by atoms with Crippen LogP contribution < -0.4 is 4.74 Å². The maximum absolute atomic E-state index is 12.3. The van der Waals surface area contributed by atoms with Crippen LogP contribution in [0.15, 0.2) is 24.5 Å². The van der Waals surface area contributed by atoms with Crippen molar-refractivity contribution in [1.29, 1.82) is 0 Å². The van der Waals surface area contributed by atoms with Crippen LogP contribution in [-0.4, -0.2) is 15.0 Å². The third kappa shape index (κ3) is 6.12. The van der Waals surface area contributed by atoms with E-state index in [9.17, 15) is 13.2 Å². The molecule has 2 rings (SSSR count). The second-order valence-corrected chi connectivity index (χ2v) is 3.96. The molecule has 0 atom stereocenters. The quantitative estimate of drug-likeness (QED) is 0.637. The molecule has 0 aliphatic carbocycles. The van der Waals surface area contributed by atoms with Crippen molar-refractivity contribution in [3.63, 3.8) is 0 Å². The number of alkyl halides is 3. The van der Waals surface area contributed by atoms with Gasteiger partial charge in [-0.3, -0.25) is 0 Å². The standard InChI is InChI=1S/C12H10F3N3O.C2H6.HI/c1-7-3-8(2)18-10(4-7)19-11-6-16-9(5-17-11)12(13,14)15;1-2;/h3-6H,1-2H3;1-2H3;1H. The van der Waals surface area contributed by atoms with Crippen LogP contribution in [0.1, 0.15) is 30.8 Å². The molecule has 122 valence electrons. The van der Waals surface area contributed by atoms with Crippen LogP contribution in [0.2, 0.25) is 0 Å². The molecule has 0 radical (unpaired) electrons. The highest BCUT2D eigenvalue weighted by Gasteiger charge is 2.32. The van der Waals surface area contributed by atoms with Crippen LogP contribution in [0.4, 0.5) is 13.2 Å². The van der Waals surface area contributed by atoms with E-state index in [4.69, 9.17) is 4.74 Å². The molecule has 2 heterocycles. The molecule has 2 aromatic heterocycles. The largest absolute Gasteiger partial charge is 0.434 e. The van der Waals surface area contributed by atoms with Gasteiger partial charge in [0.15, 0.2) is 5.69 Å². The summed E-state index contributed by atoms with van der Waals surface area (Å²) in [5.41, 5.74) is 0.616. The molecule has 2 aromatic rings. The molecular formula is C14H17F3IN3O. The Morgan fingerprint density at radius 1 is 0.955 bits per heavy atom. The number of ether oxygens (including phenoxy) is 1. The van der Waals surface area contributed by atoms with Gasteiger partial charge in [0.2, 0.25) is 11.8 Å². The Hall–Kier alpha value is -1.45. The summed E-state index contributed by atoms with van der Waals surface area (Å²) in [6.07, 6.45) is -2.97. The average molecular weight is 427 g/mol. The minimum Gasteiger partial charge on any atom is -0.419 e. The van der Waals surface area contributed by atoms with E-state index in [2.05, 4.69) is 15.0 Å². The van der Waals surface area contributed by atoms with Gasteiger partial charge in [-0.2, -0.15) is 13.2 Å². The summed E-state index contributed by atoms with van der Waals surface area (Å²) in [5.74, 6) is 0.233. The smallest absolute Gasteiger partial charge is 0.419 e. The monoisotopic (exact) mass is 427 g/mol. The molecule has 0 unspecified atom stereocenters. The van der Waals surface area contributed by atoms with Crippen LogP contribution in [-0.2, 0) is 6.18 Å². The van der Waals surface area contributed by atoms with Gasteiger partial charge in [-0.25, -0.2) is 15.0 Å². The second-order valence-electron chi connectivity index (χ2n) is 3.96. The van der Waals surface area contributed by atoms with E-state index in [0.29, 0.717) is 6.20 Å². The fourth-order valence-electron chi connectivity index (χ4n) is 1.48. The highest BCUT2D eigenvalue weighted by atomic mass is 127. The van der Waals surface area contributed by atoms with Crippen molar-refractivity contribution >= 4 is 24.0 Å². The number of nitrogens with zero attached hydrogens (tertiary/aromatic N) is 3. The lowest BCUT2D eigenvalue weighted by Gasteiger charge is -2.07. The number of rotatable bonds is 2. The number of hydrogen-bond donors (Lipinski definition) is 0. The number of halogens is 4. The number of pyridine rings is 1. The summed E-state index contributed by atoms with van der Waals surface area (Å²) in [5, 5.41) is 0. The van der Waals surface area contributed by atoms with Gasteiger partial charge in [0.05, 0.1) is 12.4 Å². The zero-order chi connectivity index (χ0) is 16.0. The first-order valence-corrected chi connectivity index (χ1v) is 6.37. The zero-order valence-corrected chi connectivity index (χ0v) is 14.9. The van der Waals surface area contributed by atoms with E-state index in [1.54, 1.807) is 13.0 Å². The predicted molar refractivity (Wildman–Crippen MR) is 87.6 cm³/mol. The van der Waals surface area contributed by atoms with E-state index >= 15 is 0 Å². The highest BCUT2D eigenvalue weighted by molar-refractivity contribution is 14.0. The molecule has 0 amide bonds. The Bertz CT molecular complexity index is 569. The third-order valence-corrected chi connectivity index (χ3v) is 2.20. The molecule has 0 aromatic carbocycles. The number of aryl methyl sites for hydroxylation is 2. The summed E-state index contributed by atoms with van der Waals surface area (Å²) in [6, 6.07) is 3.51. The third-order valence-electron chi connectivity index (χ3n) is 2.20. The molecule has 4 nitrogen and oxygen atoms in total. The van der Waals surface area contributed by atoms with E-state index < -0.39 is 11.9 Å². The molecule has 0 aliphatic heterocycles. The summed E-state index contributed by atoms with van der Waals surface area (Å²) in [6.45, 7) is 7.65. The minimum absolute atomic E-state index is 0. The zero-order valence-electron chi connectivity index (χ0n) is 12.6. The SMILES string of the molecule is CC.Cc1cc(C)nc(Oc2cnc(C(F)(F)F)cn2)c1.I. The minimum atomic E-state index is -4.51. The molecule has 0 saturated heterocycles. The fraction of sp³-hybridized carbons (Fsp3) is 0.357. The van der Waals surface area contributed by atoms with Crippen LogP contribution in [0, 0.1) is 13.8 Å². The van der Waals surface area contributed by atoms with Crippen molar-refractivity contribution in [2.24, 2.45) is 0 Å². The maximum Gasteiger partial charge on any atom is 0.434 e. The highest BCUT2D eigenvalue weighted by Crippen LogP contribution is 2.27. The lowest BCUT2D eigenvalue weighted by Crippen LogP contribution is -2.08. The average Bonchev–Trinajstić information content (AvgIpc) is 2.39. The van der Waals surface area contributed by atoms with Crippen molar-refractivity contribution in [3.05, 3.63) is 41.5 Å². The van der Waals surface area contributed by atoms with Crippen LogP contribution in [0.25, 0.3) is 0 Å². The first-order valence-electron chi connectivity index (χ1n) is 6.37. The molecule has 0 fully saturated rings. The molecule has 0 N–H and O–H groups in total. The summed E-state index contributed by atoms with van der Waals surface area (Å²) in [4.78, 5) is 10.9. The van der Waals surface area contributed by atoms with Crippen LogP contribution >= 0.6 is 24.0 Å². The molecular weight excluding hydrogens is 410 g/mol. The normalized spacial score (nSPS) is 10.1. The molecule has 0 bridgehead atoms. The van der Waals surface area contributed by atoms with Crippen molar-refractivity contribution in [1.82, 2.24) is 15.0 Å². The lowest BCUT2D eigenvalue weighted by molar-refractivity contribution is -0.141. The lowest BCUT2D eigenvalue weighted by atomic mass is 10.2. The predicted octanol–water partition coefficient (Wildman–Crippen LogP) is 4.94. The Kier molecular flexibility index (Phi) is 8.28. The molecule has 8 heteroatoms. The molecule has 0 aliphatic rings. The van der Waals surface area contributed by atoms with E-state index in [1.807, 2.05) is 26.8 Å². The van der Waals surface area contributed by atoms with E-state index in [0.717, 1.165) is 17.5 Å². The van der Waals surface area contributed by atoms with Crippen molar-refractivity contribution in [2.45, 2.75) is 33.9 Å². The van der Waals surface area contributed by atoms with Crippen molar-refractivity contribution in [2.75, 3.05) is 0 Å². The Morgan fingerprint density at radius 2 is 1.59 bits per heavy atom. The molecule has 22 heavy (non-hydrogen) atoms. The van der Waals surface area contributed by atoms with E-state index in [1.165, 1.54) is 0 Å². The van der Waals surface area contributed by atoms with Gasteiger partial charge in [-0.15, -0.1) is 24.0 Å². The maximum atomic E-state index is 12.3.